The molecule has 1 amide bonds. The van der Waals surface area contributed by atoms with Crippen LogP contribution < -0.4 is 4.90 Å². The summed E-state index contributed by atoms with van der Waals surface area (Å²) in [7, 11) is 0. The zero-order valence-electron chi connectivity index (χ0n) is 15.6. The van der Waals surface area contributed by atoms with Crippen LogP contribution in [0, 0.1) is 0 Å². The van der Waals surface area contributed by atoms with Crippen LogP contribution in [0.4, 0.5) is 5.69 Å². The van der Waals surface area contributed by atoms with Gasteiger partial charge in [0, 0.05) is 24.6 Å². The van der Waals surface area contributed by atoms with Crippen molar-refractivity contribution < 1.29 is 19.4 Å². The number of esters is 1. The number of ether oxygens (including phenoxy) is 1. The number of allylic oxidation sites excluding steroid dienone is 2. The third-order valence-corrected chi connectivity index (χ3v) is 4.64. The molecular formula is C21H27NO4. The molecule has 1 atom stereocenters. The second kappa shape index (κ2) is 8.70. The predicted molar refractivity (Wildman–Crippen MR) is 102 cm³/mol. The predicted octanol–water partition coefficient (Wildman–Crippen LogP) is 3.47. The molecule has 0 saturated heterocycles. The van der Waals surface area contributed by atoms with Gasteiger partial charge in [0.25, 0.3) is 0 Å². The minimum atomic E-state index is -0.359. The molecule has 26 heavy (non-hydrogen) atoms. The number of phenolic OH excluding ortho intramolecular Hbond substituents is 1. The summed E-state index contributed by atoms with van der Waals surface area (Å²) in [6.45, 7) is 11.1. The quantitative estimate of drug-likeness (QED) is 0.571. The van der Waals surface area contributed by atoms with Crippen molar-refractivity contribution in [2.24, 2.45) is 0 Å². The van der Waals surface area contributed by atoms with Gasteiger partial charge in [0.15, 0.2) is 0 Å². The van der Waals surface area contributed by atoms with Crippen LogP contribution in [0.3, 0.4) is 0 Å². The SMILES string of the molecule is C=CCc1cc2c(c(CC=C)c1O)CCC(=O)N2CC(CC)OC(C)=O. The van der Waals surface area contributed by atoms with Crippen molar-refractivity contribution in [3.05, 3.63) is 48.1 Å². The number of nitrogens with zero attached hydrogens (tertiary/aromatic N) is 1. The molecule has 0 spiro atoms. The van der Waals surface area contributed by atoms with Gasteiger partial charge >= 0.3 is 5.97 Å². The molecule has 0 aliphatic carbocycles. The number of carbonyl (C=O) groups is 2. The summed E-state index contributed by atoms with van der Waals surface area (Å²) in [6, 6.07) is 1.86. The highest BCUT2D eigenvalue weighted by molar-refractivity contribution is 5.97. The van der Waals surface area contributed by atoms with E-state index in [9.17, 15) is 14.7 Å². The third kappa shape index (κ3) is 4.15. The fraction of sp³-hybridized carbons (Fsp3) is 0.429. The van der Waals surface area contributed by atoms with Crippen LogP contribution in [0.5, 0.6) is 5.75 Å². The summed E-state index contributed by atoms with van der Waals surface area (Å²) in [6.07, 6.45) is 5.73. The number of hydrogen-bond donors (Lipinski definition) is 1. The summed E-state index contributed by atoms with van der Waals surface area (Å²) >= 11 is 0. The number of phenols is 1. The Morgan fingerprint density at radius 1 is 1.35 bits per heavy atom. The van der Waals surface area contributed by atoms with E-state index in [-0.39, 0.29) is 23.7 Å². The highest BCUT2D eigenvalue weighted by Crippen LogP contribution is 2.39. The molecule has 140 valence electrons. The second-order valence-corrected chi connectivity index (χ2v) is 6.49. The number of hydrogen-bond acceptors (Lipinski definition) is 4. The summed E-state index contributed by atoms with van der Waals surface area (Å²) in [5.74, 6) is -0.0975. The van der Waals surface area contributed by atoms with E-state index in [2.05, 4.69) is 13.2 Å². The molecule has 0 saturated carbocycles. The van der Waals surface area contributed by atoms with E-state index >= 15 is 0 Å². The lowest BCUT2D eigenvalue weighted by Crippen LogP contribution is -2.42. The first-order valence-electron chi connectivity index (χ1n) is 8.98. The molecule has 1 aromatic rings. The molecule has 0 radical (unpaired) electrons. The van der Waals surface area contributed by atoms with E-state index in [4.69, 9.17) is 4.74 Å². The smallest absolute Gasteiger partial charge is 0.302 e. The number of aromatic hydroxyl groups is 1. The molecule has 1 aliphatic heterocycles. The first-order chi connectivity index (χ1) is 12.4. The van der Waals surface area contributed by atoms with Crippen molar-refractivity contribution in [1.82, 2.24) is 0 Å². The minimum Gasteiger partial charge on any atom is -0.507 e. The molecule has 1 heterocycles. The maximum Gasteiger partial charge on any atom is 0.302 e. The van der Waals surface area contributed by atoms with E-state index < -0.39 is 0 Å². The van der Waals surface area contributed by atoms with Crippen LogP contribution in [0.2, 0.25) is 0 Å². The van der Waals surface area contributed by atoms with Gasteiger partial charge in [-0.05, 0) is 42.9 Å². The zero-order valence-corrected chi connectivity index (χ0v) is 15.6. The van der Waals surface area contributed by atoms with Gasteiger partial charge in [-0.2, -0.15) is 0 Å². The van der Waals surface area contributed by atoms with Crippen LogP contribution in [-0.2, 0) is 33.6 Å². The molecule has 1 aromatic carbocycles. The molecule has 1 aliphatic rings. The summed E-state index contributed by atoms with van der Waals surface area (Å²) in [5.41, 5.74) is 3.30. The lowest BCUT2D eigenvalue weighted by molar-refractivity contribution is -0.146. The van der Waals surface area contributed by atoms with Gasteiger partial charge in [0.2, 0.25) is 5.91 Å². The Labute approximate surface area is 155 Å². The normalized spacial score (nSPS) is 14.5. The Morgan fingerprint density at radius 2 is 2.04 bits per heavy atom. The van der Waals surface area contributed by atoms with Crippen molar-refractivity contribution in [2.45, 2.75) is 52.1 Å². The van der Waals surface area contributed by atoms with Crippen molar-refractivity contribution in [2.75, 3.05) is 11.4 Å². The molecule has 1 unspecified atom stereocenters. The second-order valence-electron chi connectivity index (χ2n) is 6.49. The van der Waals surface area contributed by atoms with Crippen molar-refractivity contribution in [3.8, 4) is 5.75 Å². The Hall–Kier alpha value is -2.56. The highest BCUT2D eigenvalue weighted by Gasteiger charge is 2.30. The van der Waals surface area contributed by atoms with Gasteiger partial charge in [-0.25, -0.2) is 0 Å². The zero-order chi connectivity index (χ0) is 19.3. The Bertz CT molecular complexity index is 723. The molecule has 1 N–H and O–H groups in total. The maximum atomic E-state index is 12.6. The van der Waals surface area contributed by atoms with Crippen LogP contribution >= 0.6 is 0 Å². The summed E-state index contributed by atoms with van der Waals surface area (Å²) in [4.78, 5) is 25.6. The number of amides is 1. The summed E-state index contributed by atoms with van der Waals surface area (Å²) in [5, 5.41) is 10.6. The third-order valence-electron chi connectivity index (χ3n) is 4.64. The Morgan fingerprint density at radius 3 is 2.62 bits per heavy atom. The fourth-order valence-corrected chi connectivity index (χ4v) is 3.40. The van der Waals surface area contributed by atoms with E-state index in [0.29, 0.717) is 38.6 Å². The molecule has 0 bridgehead atoms. The first-order valence-corrected chi connectivity index (χ1v) is 8.98. The van der Waals surface area contributed by atoms with Crippen molar-refractivity contribution in [1.29, 1.82) is 0 Å². The average Bonchev–Trinajstić information content (AvgIpc) is 2.60. The van der Waals surface area contributed by atoms with Gasteiger partial charge in [-0.3, -0.25) is 9.59 Å². The van der Waals surface area contributed by atoms with Gasteiger partial charge in [-0.15, -0.1) is 13.2 Å². The number of carbonyl (C=O) groups excluding carboxylic acids is 2. The molecule has 0 fully saturated rings. The lowest BCUT2D eigenvalue weighted by atomic mass is 9.90. The Balaban J connectivity index is 2.51. The van der Waals surface area contributed by atoms with E-state index in [1.165, 1.54) is 6.92 Å². The molecule has 2 rings (SSSR count). The maximum absolute atomic E-state index is 12.6. The molecule has 5 nitrogen and oxygen atoms in total. The van der Waals surface area contributed by atoms with Gasteiger partial charge in [0.1, 0.15) is 11.9 Å². The summed E-state index contributed by atoms with van der Waals surface area (Å²) < 4.78 is 5.33. The van der Waals surface area contributed by atoms with Gasteiger partial charge in [-0.1, -0.05) is 19.1 Å². The Kier molecular flexibility index (Phi) is 6.61. The molecule has 0 aromatic heterocycles. The van der Waals surface area contributed by atoms with Crippen LogP contribution in [0.15, 0.2) is 31.4 Å². The lowest BCUT2D eigenvalue weighted by Gasteiger charge is -2.34. The number of fused-ring (bicyclic) bond motifs is 1. The van der Waals surface area contributed by atoms with E-state index in [1.807, 2.05) is 13.0 Å². The number of anilines is 1. The topological polar surface area (TPSA) is 66.8 Å². The fourth-order valence-electron chi connectivity index (χ4n) is 3.40. The van der Waals surface area contributed by atoms with Crippen molar-refractivity contribution in [3.63, 3.8) is 0 Å². The molecule has 5 heteroatoms. The first kappa shape index (κ1) is 19.8. The van der Waals surface area contributed by atoms with Gasteiger partial charge < -0.3 is 14.7 Å². The monoisotopic (exact) mass is 357 g/mol. The molecular weight excluding hydrogens is 330 g/mol. The van der Waals surface area contributed by atoms with Crippen LogP contribution in [-0.4, -0.2) is 29.6 Å². The van der Waals surface area contributed by atoms with Crippen LogP contribution in [0.25, 0.3) is 0 Å². The van der Waals surface area contributed by atoms with Gasteiger partial charge in [0.05, 0.1) is 6.54 Å². The highest BCUT2D eigenvalue weighted by atomic mass is 16.5. The average molecular weight is 357 g/mol. The van der Waals surface area contributed by atoms with Crippen LogP contribution in [0.1, 0.15) is 43.4 Å². The van der Waals surface area contributed by atoms with Crippen molar-refractivity contribution >= 4 is 17.6 Å². The largest absolute Gasteiger partial charge is 0.507 e. The number of benzene rings is 1. The number of rotatable bonds is 8. The van der Waals surface area contributed by atoms with E-state index in [0.717, 1.165) is 22.4 Å². The standard InChI is InChI=1S/C21H27NO4/c1-5-8-15-12-19-17(18(9-6-2)21(15)25)10-11-20(24)22(19)13-16(7-3)26-14(4)23/h5-6,12,16,25H,1-2,7-11,13H2,3-4H3. The minimum absolute atomic E-state index is 0.00268. The van der Waals surface area contributed by atoms with E-state index in [1.54, 1.807) is 17.1 Å².